The highest BCUT2D eigenvalue weighted by atomic mass is 35.5. The van der Waals surface area contributed by atoms with Gasteiger partial charge >= 0.3 is 6.09 Å². The summed E-state index contributed by atoms with van der Waals surface area (Å²) in [7, 11) is 1.61. The van der Waals surface area contributed by atoms with Crippen molar-refractivity contribution in [3.63, 3.8) is 0 Å². The van der Waals surface area contributed by atoms with E-state index in [0.29, 0.717) is 23.9 Å². The molecule has 0 saturated heterocycles. The monoisotopic (exact) mass is 311 g/mol. The number of carbonyl (C=O) groups is 1. The third kappa shape index (κ3) is 4.03. The standard InChI is InChI=1S/C16H22ClNO3/c1-16(2,3)21-15(19)18-7-5-6-11-9-14(20-4)13(17)8-12(11)10-18/h8-9H,5-7,10H2,1-4H3. The van der Waals surface area contributed by atoms with Crippen LogP contribution in [0, 0.1) is 0 Å². The van der Waals surface area contributed by atoms with E-state index in [1.54, 1.807) is 12.0 Å². The Bertz CT molecular complexity index is 537. The summed E-state index contributed by atoms with van der Waals surface area (Å²) in [6, 6.07) is 3.86. The van der Waals surface area contributed by atoms with E-state index in [9.17, 15) is 4.79 Å². The van der Waals surface area contributed by atoms with Gasteiger partial charge in [0.2, 0.25) is 0 Å². The van der Waals surface area contributed by atoms with Crippen LogP contribution in [0.5, 0.6) is 5.75 Å². The highest BCUT2D eigenvalue weighted by Crippen LogP contribution is 2.31. The summed E-state index contributed by atoms with van der Waals surface area (Å²) >= 11 is 6.19. The van der Waals surface area contributed by atoms with E-state index in [0.717, 1.165) is 18.4 Å². The van der Waals surface area contributed by atoms with Crippen LogP contribution in [0.25, 0.3) is 0 Å². The topological polar surface area (TPSA) is 38.8 Å². The van der Waals surface area contributed by atoms with Crippen molar-refractivity contribution in [2.45, 2.75) is 45.8 Å². The Labute approximate surface area is 131 Å². The minimum absolute atomic E-state index is 0.276. The van der Waals surface area contributed by atoms with Gasteiger partial charge in [0.25, 0.3) is 0 Å². The molecular weight excluding hydrogens is 290 g/mol. The van der Waals surface area contributed by atoms with Gasteiger partial charge in [-0.1, -0.05) is 11.6 Å². The SMILES string of the molecule is COc1cc2c(cc1Cl)CN(C(=O)OC(C)(C)C)CCC2. The first-order valence-electron chi connectivity index (χ1n) is 7.13. The maximum Gasteiger partial charge on any atom is 0.410 e. The molecule has 0 N–H and O–H groups in total. The number of amides is 1. The first-order chi connectivity index (χ1) is 9.80. The summed E-state index contributed by atoms with van der Waals surface area (Å²) in [6.45, 7) is 6.83. The third-order valence-corrected chi connectivity index (χ3v) is 3.66. The quantitative estimate of drug-likeness (QED) is 0.786. The van der Waals surface area contributed by atoms with Gasteiger partial charge in [0.05, 0.1) is 12.1 Å². The van der Waals surface area contributed by atoms with Crippen LogP contribution in [0.4, 0.5) is 4.79 Å². The molecule has 4 nitrogen and oxygen atoms in total. The van der Waals surface area contributed by atoms with Crippen molar-refractivity contribution >= 4 is 17.7 Å². The van der Waals surface area contributed by atoms with Gasteiger partial charge in [0.15, 0.2) is 0 Å². The highest BCUT2D eigenvalue weighted by molar-refractivity contribution is 6.32. The maximum absolute atomic E-state index is 12.2. The molecule has 21 heavy (non-hydrogen) atoms. The van der Waals surface area contributed by atoms with Gasteiger partial charge in [0.1, 0.15) is 11.4 Å². The molecule has 1 heterocycles. The van der Waals surface area contributed by atoms with Crippen LogP contribution in [0.2, 0.25) is 5.02 Å². The molecule has 0 spiro atoms. The van der Waals surface area contributed by atoms with Crippen molar-refractivity contribution in [2.75, 3.05) is 13.7 Å². The smallest absolute Gasteiger partial charge is 0.410 e. The van der Waals surface area contributed by atoms with Gasteiger partial charge in [-0.05, 0) is 56.9 Å². The van der Waals surface area contributed by atoms with Crippen LogP contribution in [0.1, 0.15) is 38.3 Å². The zero-order valence-corrected chi connectivity index (χ0v) is 13.8. The molecule has 0 aromatic heterocycles. The molecule has 1 aromatic rings. The lowest BCUT2D eigenvalue weighted by Crippen LogP contribution is -2.36. The summed E-state index contributed by atoms with van der Waals surface area (Å²) in [5.74, 6) is 0.682. The summed E-state index contributed by atoms with van der Waals surface area (Å²) < 4.78 is 10.7. The molecule has 1 aliphatic heterocycles. The van der Waals surface area contributed by atoms with Gasteiger partial charge in [-0.3, -0.25) is 0 Å². The van der Waals surface area contributed by atoms with Crippen molar-refractivity contribution in [1.82, 2.24) is 4.90 Å². The number of halogens is 1. The molecular formula is C16H22ClNO3. The van der Waals surface area contributed by atoms with Crippen LogP contribution in [0.3, 0.4) is 0 Å². The summed E-state index contributed by atoms with van der Waals surface area (Å²) in [5.41, 5.74) is 1.76. The first kappa shape index (κ1) is 16.0. The van der Waals surface area contributed by atoms with E-state index >= 15 is 0 Å². The minimum atomic E-state index is -0.482. The predicted octanol–water partition coefficient (Wildman–Crippen LogP) is 4.03. The molecule has 0 aliphatic carbocycles. The Morgan fingerprint density at radius 2 is 2.00 bits per heavy atom. The lowest BCUT2D eigenvalue weighted by atomic mass is 10.0. The molecule has 1 aromatic carbocycles. The molecule has 2 rings (SSSR count). The van der Waals surface area contributed by atoms with Crippen LogP contribution < -0.4 is 4.74 Å². The third-order valence-electron chi connectivity index (χ3n) is 3.36. The number of ether oxygens (including phenoxy) is 2. The second-order valence-electron chi connectivity index (χ2n) is 6.26. The predicted molar refractivity (Wildman–Crippen MR) is 83.0 cm³/mol. The highest BCUT2D eigenvalue weighted by Gasteiger charge is 2.25. The van der Waals surface area contributed by atoms with Crippen molar-refractivity contribution in [3.05, 3.63) is 28.3 Å². The van der Waals surface area contributed by atoms with E-state index in [-0.39, 0.29) is 6.09 Å². The van der Waals surface area contributed by atoms with Crippen LogP contribution in [0.15, 0.2) is 12.1 Å². The van der Waals surface area contributed by atoms with Crippen molar-refractivity contribution in [2.24, 2.45) is 0 Å². The van der Waals surface area contributed by atoms with Crippen LogP contribution >= 0.6 is 11.6 Å². The second kappa shape index (κ2) is 6.14. The Hall–Kier alpha value is -1.42. The number of methoxy groups -OCH3 is 1. The van der Waals surface area contributed by atoms with Crippen molar-refractivity contribution < 1.29 is 14.3 Å². The van der Waals surface area contributed by atoms with E-state index in [2.05, 4.69) is 0 Å². The Kier molecular flexibility index (Phi) is 4.67. The fourth-order valence-corrected chi connectivity index (χ4v) is 2.66. The normalized spacial score (nSPS) is 15.2. The molecule has 0 bridgehead atoms. The number of aryl methyl sites for hydroxylation is 1. The minimum Gasteiger partial charge on any atom is -0.495 e. The Balaban J connectivity index is 2.21. The van der Waals surface area contributed by atoms with Crippen LogP contribution in [-0.2, 0) is 17.7 Å². The molecule has 0 fully saturated rings. The summed E-state index contributed by atoms with van der Waals surface area (Å²) in [6.07, 6.45) is 1.53. The largest absolute Gasteiger partial charge is 0.495 e. The van der Waals surface area contributed by atoms with Crippen LogP contribution in [-0.4, -0.2) is 30.2 Å². The molecule has 0 unspecified atom stereocenters. The fraction of sp³-hybridized carbons (Fsp3) is 0.562. The van der Waals surface area contributed by atoms with E-state index in [4.69, 9.17) is 21.1 Å². The number of fused-ring (bicyclic) bond motifs is 1. The van der Waals surface area contributed by atoms with Crippen molar-refractivity contribution in [1.29, 1.82) is 0 Å². The average molecular weight is 312 g/mol. The van der Waals surface area contributed by atoms with E-state index in [1.165, 1.54) is 5.56 Å². The lowest BCUT2D eigenvalue weighted by Gasteiger charge is -2.26. The summed E-state index contributed by atoms with van der Waals surface area (Å²) in [4.78, 5) is 14.0. The first-order valence-corrected chi connectivity index (χ1v) is 7.51. The molecule has 1 aliphatic rings. The Morgan fingerprint density at radius 3 is 2.62 bits per heavy atom. The average Bonchev–Trinajstić information content (AvgIpc) is 2.57. The number of carbonyl (C=O) groups excluding carboxylic acids is 1. The number of nitrogens with zero attached hydrogens (tertiary/aromatic N) is 1. The number of benzene rings is 1. The lowest BCUT2D eigenvalue weighted by molar-refractivity contribution is 0.0237. The van der Waals surface area contributed by atoms with Gasteiger partial charge in [0, 0.05) is 13.1 Å². The van der Waals surface area contributed by atoms with Gasteiger partial charge in [-0.15, -0.1) is 0 Å². The maximum atomic E-state index is 12.2. The van der Waals surface area contributed by atoms with E-state index < -0.39 is 5.60 Å². The number of hydrogen-bond donors (Lipinski definition) is 0. The van der Waals surface area contributed by atoms with Gasteiger partial charge in [-0.25, -0.2) is 4.79 Å². The van der Waals surface area contributed by atoms with Gasteiger partial charge in [-0.2, -0.15) is 0 Å². The molecule has 0 radical (unpaired) electrons. The molecule has 5 heteroatoms. The zero-order valence-electron chi connectivity index (χ0n) is 13.0. The second-order valence-corrected chi connectivity index (χ2v) is 6.67. The molecule has 0 atom stereocenters. The molecule has 0 saturated carbocycles. The zero-order chi connectivity index (χ0) is 15.6. The molecule has 1 amide bonds. The number of hydrogen-bond acceptors (Lipinski definition) is 3. The van der Waals surface area contributed by atoms with E-state index in [1.807, 2.05) is 32.9 Å². The number of rotatable bonds is 1. The van der Waals surface area contributed by atoms with Crippen molar-refractivity contribution in [3.8, 4) is 5.75 Å². The molecule has 116 valence electrons. The summed E-state index contributed by atoms with van der Waals surface area (Å²) in [5, 5.41) is 0.572. The van der Waals surface area contributed by atoms with Gasteiger partial charge < -0.3 is 14.4 Å². The fourth-order valence-electron chi connectivity index (χ4n) is 2.40. The Morgan fingerprint density at radius 1 is 1.29 bits per heavy atom.